The van der Waals surface area contributed by atoms with Crippen LogP contribution in [0, 0.1) is 0 Å². The second-order valence-corrected chi connectivity index (χ2v) is 3.20. The van der Waals surface area contributed by atoms with Crippen LogP contribution in [0.2, 0.25) is 0 Å². The maximum Gasteiger partial charge on any atom is 0.239 e. The van der Waals surface area contributed by atoms with E-state index in [1.54, 1.807) is 29.2 Å². The highest BCUT2D eigenvalue weighted by Gasteiger charge is 2.02. The van der Waals surface area contributed by atoms with Crippen LogP contribution in [-0.4, -0.2) is 20.0 Å². The van der Waals surface area contributed by atoms with Gasteiger partial charge >= 0.3 is 0 Å². The first-order valence-electron chi connectivity index (χ1n) is 5.05. The molecule has 0 fully saturated rings. The summed E-state index contributed by atoms with van der Waals surface area (Å²) < 4.78 is 7.24. The van der Waals surface area contributed by atoms with Crippen molar-refractivity contribution in [3.05, 3.63) is 30.2 Å². The Morgan fingerprint density at radius 2 is 2.25 bits per heavy atom. The second kappa shape index (κ2) is 4.71. The molecule has 6 nitrogen and oxygen atoms in total. The van der Waals surface area contributed by atoms with E-state index in [2.05, 4.69) is 15.3 Å². The molecule has 0 atom stereocenters. The van der Waals surface area contributed by atoms with Crippen molar-refractivity contribution in [3.63, 3.8) is 0 Å². The van der Waals surface area contributed by atoms with E-state index < -0.39 is 0 Å². The number of rotatable bonds is 4. The zero-order chi connectivity index (χ0) is 11.4. The molecule has 0 saturated heterocycles. The van der Waals surface area contributed by atoms with Crippen molar-refractivity contribution in [2.24, 2.45) is 5.73 Å². The van der Waals surface area contributed by atoms with Gasteiger partial charge < -0.3 is 10.5 Å². The topological polar surface area (TPSA) is 78.9 Å². The lowest BCUT2D eigenvalue weighted by molar-refractivity contribution is 0.453. The van der Waals surface area contributed by atoms with Gasteiger partial charge in [-0.25, -0.2) is 0 Å². The molecule has 0 spiro atoms. The largest absolute Gasteiger partial charge is 0.434 e. The molecule has 16 heavy (non-hydrogen) atoms. The Kier molecular flexibility index (Phi) is 3.11. The normalized spacial score (nSPS) is 10.4. The number of nitrogens with zero attached hydrogens (tertiary/aromatic N) is 4. The van der Waals surface area contributed by atoms with Crippen LogP contribution < -0.4 is 10.5 Å². The molecule has 0 aliphatic rings. The first kappa shape index (κ1) is 10.6. The Balaban J connectivity index is 2.08. The highest BCUT2D eigenvalue weighted by Crippen LogP contribution is 2.17. The average molecular weight is 219 g/mol. The number of hydrogen-bond acceptors (Lipinski definition) is 5. The maximum atomic E-state index is 5.46. The molecule has 0 amide bonds. The fourth-order valence-electron chi connectivity index (χ4n) is 1.20. The van der Waals surface area contributed by atoms with E-state index in [1.807, 2.05) is 6.92 Å². The van der Waals surface area contributed by atoms with Gasteiger partial charge in [0.2, 0.25) is 5.88 Å². The Labute approximate surface area is 93.1 Å². The van der Waals surface area contributed by atoms with Gasteiger partial charge in [0.1, 0.15) is 0 Å². The molecule has 2 aromatic heterocycles. The lowest BCUT2D eigenvalue weighted by Gasteiger charge is -2.00. The Bertz CT molecular complexity index is 450. The van der Waals surface area contributed by atoms with Crippen LogP contribution in [0.25, 0.3) is 0 Å². The standard InChI is InChI=1S/C10H13N5O/c1-2-15-7-9(6-12-15)16-10-4-3-8(5-11)13-14-10/h3-4,6-7H,2,5,11H2,1H3. The fourth-order valence-corrected chi connectivity index (χ4v) is 1.20. The van der Waals surface area contributed by atoms with E-state index in [4.69, 9.17) is 10.5 Å². The lowest BCUT2D eigenvalue weighted by Crippen LogP contribution is -2.01. The van der Waals surface area contributed by atoms with Gasteiger partial charge in [0.05, 0.1) is 18.1 Å². The van der Waals surface area contributed by atoms with E-state index in [9.17, 15) is 0 Å². The van der Waals surface area contributed by atoms with Gasteiger partial charge in [-0.15, -0.1) is 5.10 Å². The summed E-state index contributed by atoms with van der Waals surface area (Å²) in [6.07, 6.45) is 3.44. The molecule has 0 aromatic carbocycles. The van der Waals surface area contributed by atoms with Crippen molar-refractivity contribution < 1.29 is 4.74 Å². The summed E-state index contributed by atoms with van der Waals surface area (Å²) in [5.41, 5.74) is 6.15. The van der Waals surface area contributed by atoms with Crippen LogP contribution in [-0.2, 0) is 13.1 Å². The quantitative estimate of drug-likeness (QED) is 0.828. The van der Waals surface area contributed by atoms with Gasteiger partial charge in [-0.1, -0.05) is 0 Å². The number of ether oxygens (including phenoxy) is 1. The third-order valence-electron chi connectivity index (χ3n) is 2.06. The van der Waals surface area contributed by atoms with Crippen LogP contribution >= 0.6 is 0 Å². The summed E-state index contributed by atoms with van der Waals surface area (Å²) in [7, 11) is 0. The molecular weight excluding hydrogens is 206 g/mol. The number of hydrogen-bond donors (Lipinski definition) is 1. The van der Waals surface area contributed by atoms with Crippen molar-refractivity contribution in [1.29, 1.82) is 0 Å². The molecule has 2 heterocycles. The summed E-state index contributed by atoms with van der Waals surface area (Å²) in [6, 6.07) is 3.52. The lowest BCUT2D eigenvalue weighted by atomic mass is 10.4. The summed E-state index contributed by atoms with van der Waals surface area (Å²) in [5.74, 6) is 1.09. The predicted octanol–water partition coefficient (Wildman–Crippen LogP) is 0.944. The fraction of sp³-hybridized carbons (Fsp3) is 0.300. The van der Waals surface area contributed by atoms with E-state index in [0.29, 0.717) is 18.2 Å². The highest BCUT2D eigenvalue weighted by atomic mass is 16.5. The van der Waals surface area contributed by atoms with Crippen LogP contribution in [0.1, 0.15) is 12.6 Å². The second-order valence-electron chi connectivity index (χ2n) is 3.20. The molecule has 0 bridgehead atoms. The van der Waals surface area contributed by atoms with E-state index >= 15 is 0 Å². The van der Waals surface area contributed by atoms with E-state index in [1.165, 1.54) is 0 Å². The van der Waals surface area contributed by atoms with Gasteiger partial charge in [-0.2, -0.15) is 10.2 Å². The molecule has 0 unspecified atom stereocenters. The van der Waals surface area contributed by atoms with Gasteiger partial charge in [0.25, 0.3) is 0 Å². The summed E-state index contributed by atoms with van der Waals surface area (Å²) in [4.78, 5) is 0. The zero-order valence-corrected chi connectivity index (χ0v) is 9.00. The maximum absolute atomic E-state index is 5.46. The minimum absolute atomic E-state index is 0.376. The van der Waals surface area contributed by atoms with Crippen molar-refractivity contribution in [3.8, 4) is 11.6 Å². The Morgan fingerprint density at radius 1 is 1.38 bits per heavy atom. The third-order valence-corrected chi connectivity index (χ3v) is 2.06. The molecule has 84 valence electrons. The van der Waals surface area contributed by atoms with Gasteiger partial charge in [0.15, 0.2) is 5.75 Å². The summed E-state index contributed by atoms with van der Waals surface area (Å²) in [5, 5.41) is 11.9. The van der Waals surface area contributed by atoms with Crippen molar-refractivity contribution in [2.45, 2.75) is 20.0 Å². The van der Waals surface area contributed by atoms with Gasteiger partial charge in [-0.3, -0.25) is 4.68 Å². The summed E-state index contributed by atoms with van der Waals surface area (Å²) in [6.45, 7) is 3.19. The molecule has 2 N–H and O–H groups in total. The average Bonchev–Trinajstić information content (AvgIpc) is 2.78. The minimum atomic E-state index is 0.376. The Hall–Kier alpha value is -1.95. The molecule has 0 saturated carbocycles. The predicted molar refractivity (Wildman–Crippen MR) is 57.9 cm³/mol. The molecular formula is C10H13N5O. The van der Waals surface area contributed by atoms with Gasteiger partial charge in [-0.05, 0) is 13.0 Å². The van der Waals surface area contributed by atoms with Crippen LogP contribution in [0.15, 0.2) is 24.5 Å². The van der Waals surface area contributed by atoms with Crippen molar-refractivity contribution >= 4 is 0 Å². The molecule has 0 radical (unpaired) electrons. The molecule has 0 aliphatic heterocycles. The SMILES string of the molecule is CCn1cc(Oc2ccc(CN)nn2)cn1. The first-order valence-corrected chi connectivity index (χ1v) is 5.05. The minimum Gasteiger partial charge on any atom is -0.434 e. The number of aromatic nitrogens is 4. The number of aryl methyl sites for hydroxylation is 1. The first-order chi connectivity index (χ1) is 7.81. The molecule has 0 aliphatic carbocycles. The van der Waals surface area contributed by atoms with Crippen LogP contribution in [0.3, 0.4) is 0 Å². The summed E-state index contributed by atoms with van der Waals surface area (Å²) >= 11 is 0. The monoisotopic (exact) mass is 219 g/mol. The molecule has 6 heteroatoms. The van der Waals surface area contributed by atoms with Gasteiger partial charge in [0, 0.05) is 19.2 Å². The van der Waals surface area contributed by atoms with Crippen LogP contribution in [0.4, 0.5) is 0 Å². The van der Waals surface area contributed by atoms with Crippen molar-refractivity contribution in [1.82, 2.24) is 20.0 Å². The van der Waals surface area contributed by atoms with Crippen LogP contribution in [0.5, 0.6) is 11.6 Å². The molecule has 2 aromatic rings. The van der Waals surface area contributed by atoms with E-state index in [-0.39, 0.29) is 0 Å². The number of nitrogens with two attached hydrogens (primary N) is 1. The Morgan fingerprint density at radius 3 is 2.81 bits per heavy atom. The van der Waals surface area contributed by atoms with Crippen molar-refractivity contribution in [2.75, 3.05) is 0 Å². The highest BCUT2D eigenvalue weighted by molar-refractivity contribution is 5.21. The van der Waals surface area contributed by atoms with E-state index in [0.717, 1.165) is 12.2 Å². The molecule has 2 rings (SSSR count). The smallest absolute Gasteiger partial charge is 0.239 e. The third kappa shape index (κ3) is 2.34. The zero-order valence-electron chi connectivity index (χ0n) is 9.00.